The molecule has 4 aromatic rings. The summed E-state index contributed by atoms with van der Waals surface area (Å²) in [5.74, 6) is 0.746. The first kappa shape index (κ1) is 18.3. The number of hydrogen-bond acceptors (Lipinski definition) is 4. The molecular formula is C22H20N4OS. The van der Waals surface area contributed by atoms with E-state index in [-0.39, 0.29) is 5.69 Å². The fraction of sp³-hybridized carbons (Fsp3) is 0.136. The van der Waals surface area contributed by atoms with E-state index in [1.807, 2.05) is 30.3 Å². The smallest absolute Gasteiger partial charge is 0.244 e. The van der Waals surface area contributed by atoms with E-state index >= 15 is 0 Å². The van der Waals surface area contributed by atoms with Crippen molar-refractivity contribution in [1.29, 1.82) is 0 Å². The molecule has 6 heteroatoms. The van der Waals surface area contributed by atoms with Gasteiger partial charge in [0.1, 0.15) is 0 Å². The van der Waals surface area contributed by atoms with Crippen molar-refractivity contribution in [2.45, 2.75) is 17.6 Å². The minimum absolute atomic E-state index is 0.246. The van der Waals surface area contributed by atoms with E-state index in [0.29, 0.717) is 0 Å². The first-order chi connectivity index (χ1) is 13.6. The zero-order valence-electron chi connectivity index (χ0n) is 15.7. The van der Waals surface area contributed by atoms with Crippen LogP contribution in [0.3, 0.4) is 0 Å². The first-order valence-corrected chi connectivity index (χ1v) is 9.98. The number of hydrogen-bond donors (Lipinski definition) is 0. The molecule has 28 heavy (non-hydrogen) atoms. The van der Waals surface area contributed by atoms with Crippen LogP contribution in [-0.4, -0.2) is 19.8 Å². The monoisotopic (exact) mass is 388 g/mol. The number of rotatable bonds is 5. The molecule has 0 saturated carbocycles. The van der Waals surface area contributed by atoms with E-state index in [4.69, 9.17) is 0 Å². The fourth-order valence-corrected chi connectivity index (χ4v) is 4.08. The Hall–Kier alpha value is -3.12. The summed E-state index contributed by atoms with van der Waals surface area (Å²) in [4.78, 5) is 13.5. The van der Waals surface area contributed by atoms with Crippen LogP contribution in [-0.2, 0) is 12.8 Å². The molecule has 0 bridgehead atoms. The highest BCUT2D eigenvalue weighted by Crippen LogP contribution is 2.29. The Labute approximate surface area is 167 Å². The third kappa shape index (κ3) is 3.64. The molecule has 0 aliphatic heterocycles. The highest BCUT2D eigenvalue weighted by atomic mass is 32.2. The van der Waals surface area contributed by atoms with Gasteiger partial charge in [0.15, 0.2) is 0 Å². The lowest BCUT2D eigenvalue weighted by Crippen LogP contribution is -2.23. The van der Waals surface area contributed by atoms with Crippen molar-refractivity contribution in [3.63, 3.8) is 0 Å². The Kier molecular flexibility index (Phi) is 5.12. The van der Waals surface area contributed by atoms with Crippen LogP contribution in [0.2, 0.25) is 0 Å². The van der Waals surface area contributed by atoms with Gasteiger partial charge in [0.25, 0.3) is 0 Å². The van der Waals surface area contributed by atoms with Gasteiger partial charge in [-0.15, -0.1) is 11.8 Å². The van der Waals surface area contributed by atoms with Gasteiger partial charge in [-0.1, -0.05) is 54.6 Å². The van der Waals surface area contributed by atoms with E-state index in [1.54, 1.807) is 18.8 Å². The van der Waals surface area contributed by atoms with Crippen LogP contribution in [0.4, 0.5) is 0 Å². The van der Waals surface area contributed by atoms with Crippen molar-refractivity contribution < 1.29 is 0 Å². The molecule has 4 rings (SSSR count). The molecule has 1 heterocycles. The molecule has 0 saturated heterocycles. The number of benzene rings is 3. The number of nitrogens with zero attached hydrogens (tertiary/aromatic N) is 4. The van der Waals surface area contributed by atoms with Crippen LogP contribution < -0.4 is 5.69 Å². The zero-order chi connectivity index (χ0) is 19.5. The second-order valence-electron chi connectivity index (χ2n) is 6.55. The van der Waals surface area contributed by atoms with Gasteiger partial charge < -0.3 is 0 Å². The maximum atomic E-state index is 12.3. The van der Waals surface area contributed by atoms with Gasteiger partial charge in [-0.3, -0.25) is 0 Å². The minimum Gasteiger partial charge on any atom is -0.244 e. The zero-order valence-corrected chi connectivity index (χ0v) is 16.6. The third-order valence-corrected chi connectivity index (χ3v) is 5.72. The Morgan fingerprint density at radius 3 is 2.25 bits per heavy atom. The molecule has 3 aromatic carbocycles. The molecule has 0 N–H and O–H groups in total. The average Bonchev–Trinajstić information content (AvgIpc) is 3.06. The number of aromatic nitrogens is 4. The summed E-state index contributed by atoms with van der Waals surface area (Å²) in [5.41, 5.74) is 5.16. The Bertz CT molecular complexity index is 1150. The average molecular weight is 388 g/mol. The molecule has 0 spiro atoms. The Balaban J connectivity index is 1.57. The van der Waals surface area contributed by atoms with Gasteiger partial charge >= 0.3 is 5.69 Å². The van der Waals surface area contributed by atoms with E-state index < -0.39 is 0 Å². The second-order valence-corrected chi connectivity index (χ2v) is 7.60. The Morgan fingerprint density at radius 2 is 1.57 bits per heavy atom. The van der Waals surface area contributed by atoms with E-state index in [1.165, 1.54) is 25.4 Å². The molecule has 0 aliphatic rings. The van der Waals surface area contributed by atoms with Crippen molar-refractivity contribution >= 4 is 11.8 Å². The minimum atomic E-state index is -0.246. The number of tetrazole rings is 1. The van der Waals surface area contributed by atoms with Crippen molar-refractivity contribution in [3.05, 3.63) is 94.4 Å². The first-order valence-electron chi connectivity index (χ1n) is 8.99. The van der Waals surface area contributed by atoms with Crippen LogP contribution in [0, 0.1) is 6.92 Å². The van der Waals surface area contributed by atoms with E-state index in [9.17, 15) is 4.79 Å². The van der Waals surface area contributed by atoms with E-state index in [0.717, 1.165) is 22.6 Å². The summed E-state index contributed by atoms with van der Waals surface area (Å²) in [5, 5.41) is 7.83. The molecule has 5 nitrogen and oxygen atoms in total. The highest BCUT2D eigenvalue weighted by Gasteiger charge is 2.13. The van der Waals surface area contributed by atoms with Crippen LogP contribution in [0.5, 0.6) is 0 Å². The molecular weight excluding hydrogens is 368 g/mol. The maximum Gasteiger partial charge on any atom is 0.368 e. The molecule has 0 radical (unpaired) electrons. The topological polar surface area (TPSA) is 52.7 Å². The lowest BCUT2D eigenvalue weighted by molar-refractivity contribution is 0.692. The number of thioether (sulfide) groups is 1. The summed E-state index contributed by atoms with van der Waals surface area (Å²) < 4.78 is 2.60. The van der Waals surface area contributed by atoms with Crippen LogP contribution in [0.25, 0.3) is 16.8 Å². The predicted octanol–water partition coefficient (Wildman–Crippen LogP) is 4.23. The van der Waals surface area contributed by atoms with Gasteiger partial charge in [-0.05, 0) is 57.8 Å². The summed E-state index contributed by atoms with van der Waals surface area (Å²) >= 11 is 1.74. The molecule has 1 aromatic heterocycles. The summed E-state index contributed by atoms with van der Waals surface area (Å²) in [6.07, 6.45) is 0. The molecule has 0 atom stereocenters. The predicted molar refractivity (Wildman–Crippen MR) is 113 cm³/mol. The van der Waals surface area contributed by atoms with Crippen LogP contribution in [0.15, 0.2) is 82.5 Å². The second kappa shape index (κ2) is 7.86. The van der Waals surface area contributed by atoms with Gasteiger partial charge in [-0.25, -0.2) is 4.79 Å². The van der Waals surface area contributed by atoms with Gasteiger partial charge in [-0.2, -0.15) is 9.36 Å². The standard InChI is InChI=1S/C22H20N4OS/c1-16-7-6-10-21(26-22(27)25(2)23-24-26)20(16)15-28-19-13-11-18(12-14-19)17-8-4-3-5-9-17/h3-14H,15H2,1-2H3. The van der Waals surface area contributed by atoms with Gasteiger partial charge in [0.2, 0.25) is 0 Å². The van der Waals surface area contributed by atoms with Crippen molar-refractivity contribution in [2.24, 2.45) is 7.05 Å². The van der Waals surface area contributed by atoms with Gasteiger partial charge in [0.05, 0.1) is 5.69 Å². The molecule has 0 fully saturated rings. The largest absolute Gasteiger partial charge is 0.368 e. The van der Waals surface area contributed by atoms with Crippen molar-refractivity contribution in [3.8, 4) is 16.8 Å². The lowest BCUT2D eigenvalue weighted by Gasteiger charge is -2.11. The summed E-state index contributed by atoms with van der Waals surface area (Å²) in [6.45, 7) is 2.05. The lowest BCUT2D eigenvalue weighted by atomic mass is 10.1. The van der Waals surface area contributed by atoms with Crippen molar-refractivity contribution in [2.75, 3.05) is 0 Å². The quantitative estimate of drug-likeness (QED) is 0.480. The number of aryl methyl sites for hydroxylation is 2. The summed E-state index contributed by atoms with van der Waals surface area (Å²) in [7, 11) is 1.60. The van der Waals surface area contributed by atoms with Gasteiger partial charge in [0, 0.05) is 17.7 Å². The fourth-order valence-electron chi connectivity index (χ4n) is 3.07. The molecule has 140 valence electrons. The summed E-state index contributed by atoms with van der Waals surface area (Å²) in [6, 6.07) is 24.8. The molecule has 0 unspecified atom stereocenters. The SMILES string of the molecule is Cc1cccc(-n2nnn(C)c2=O)c1CSc1ccc(-c2ccccc2)cc1. The normalized spacial score (nSPS) is 10.9. The molecule has 0 amide bonds. The highest BCUT2D eigenvalue weighted by molar-refractivity contribution is 7.98. The third-order valence-electron chi connectivity index (χ3n) is 4.68. The maximum absolute atomic E-state index is 12.3. The van der Waals surface area contributed by atoms with Crippen LogP contribution >= 0.6 is 11.8 Å². The Morgan fingerprint density at radius 1 is 0.857 bits per heavy atom. The van der Waals surface area contributed by atoms with Crippen molar-refractivity contribution in [1.82, 2.24) is 19.8 Å². The van der Waals surface area contributed by atoms with Crippen LogP contribution in [0.1, 0.15) is 11.1 Å². The van der Waals surface area contributed by atoms with E-state index in [2.05, 4.69) is 59.8 Å². The molecule has 0 aliphatic carbocycles.